The first kappa shape index (κ1) is 17.2. The molecule has 0 aliphatic heterocycles. The molecular weight excluding hydrogens is 336 g/mol. The summed E-state index contributed by atoms with van der Waals surface area (Å²) < 4.78 is 7.55. The van der Waals surface area contributed by atoms with Crippen molar-refractivity contribution in [1.82, 2.24) is 9.88 Å². The minimum Gasteiger partial charge on any atom is -0.463 e. The van der Waals surface area contributed by atoms with E-state index in [0.717, 1.165) is 22.2 Å². The third-order valence-electron chi connectivity index (χ3n) is 4.86. The molecule has 2 aromatic heterocycles. The summed E-state index contributed by atoms with van der Waals surface area (Å²) in [5, 5.41) is 3.10. The van der Waals surface area contributed by atoms with Gasteiger partial charge in [0.2, 0.25) is 0 Å². The standard InChI is InChI=1S/C23H22N2O2/c1-16-8-10-18(11-9-16)15-25-20-12-13-27-22(20)14-21(25)23(26)24-17(2)19-6-4-3-5-7-19/h3-14,17H,15H2,1-2H3,(H,24,26). The van der Waals surface area contributed by atoms with Gasteiger partial charge in [-0.3, -0.25) is 4.79 Å². The number of aryl methyl sites for hydroxylation is 1. The number of hydrogen-bond donors (Lipinski definition) is 1. The quantitative estimate of drug-likeness (QED) is 0.541. The topological polar surface area (TPSA) is 47.2 Å². The maximum Gasteiger partial charge on any atom is 0.268 e. The van der Waals surface area contributed by atoms with Crippen molar-refractivity contribution in [1.29, 1.82) is 0 Å². The van der Waals surface area contributed by atoms with Crippen LogP contribution < -0.4 is 5.32 Å². The molecule has 0 radical (unpaired) electrons. The van der Waals surface area contributed by atoms with Crippen LogP contribution in [-0.4, -0.2) is 10.5 Å². The van der Waals surface area contributed by atoms with Gasteiger partial charge in [-0.2, -0.15) is 0 Å². The zero-order chi connectivity index (χ0) is 18.8. The van der Waals surface area contributed by atoms with Gasteiger partial charge in [-0.1, -0.05) is 60.2 Å². The lowest BCUT2D eigenvalue weighted by Gasteiger charge is -2.16. The number of benzene rings is 2. The van der Waals surface area contributed by atoms with Crippen molar-refractivity contribution in [2.75, 3.05) is 0 Å². The van der Waals surface area contributed by atoms with Crippen molar-refractivity contribution in [3.05, 3.63) is 95.4 Å². The van der Waals surface area contributed by atoms with Crippen LogP contribution in [0.1, 0.15) is 40.1 Å². The Kier molecular flexibility index (Phi) is 4.55. The van der Waals surface area contributed by atoms with Crippen molar-refractivity contribution in [3.8, 4) is 0 Å². The van der Waals surface area contributed by atoms with Crippen LogP contribution in [-0.2, 0) is 6.54 Å². The molecule has 0 bridgehead atoms. The van der Waals surface area contributed by atoms with Crippen LogP contribution in [0.4, 0.5) is 0 Å². The van der Waals surface area contributed by atoms with Crippen LogP contribution in [0.25, 0.3) is 11.1 Å². The molecule has 4 heteroatoms. The van der Waals surface area contributed by atoms with Crippen LogP contribution in [0, 0.1) is 6.92 Å². The summed E-state index contributed by atoms with van der Waals surface area (Å²) in [5.41, 5.74) is 5.69. The van der Waals surface area contributed by atoms with Gasteiger partial charge in [0.25, 0.3) is 5.91 Å². The molecular formula is C23H22N2O2. The van der Waals surface area contributed by atoms with Gasteiger partial charge in [-0.05, 0) is 25.0 Å². The number of rotatable bonds is 5. The number of carbonyl (C=O) groups excluding carboxylic acids is 1. The van der Waals surface area contributed by atoms with Gasteiger partial charge >= 0.3 is 0 Å². The fourth-order valence-corrected chi connectivity index (χ4v) is 3.31. The second-order valence-electron chi connectivity index (χ2n) is 6.88. The molecule has 0 saturated heterocycles. The van der Waals surface area contributed by atoms with Gasteiger partial charge in [0.15, 0.2) is 5.58 Å². The molecule has 0 aliphatic carbocycles. The SMILES string of the molecule is Cc1ccc(Cn2c(C(=O)NC(C)c3ccccc3)cc3occc32)cc1. The first-order valence-corrected chi connectivity index (χ1v) is 9.10. The third-order valence-corrected chi connectivity index (χ3v) is 4.86. The van der Waals surface area contributed by atoms with E-state index in [4.69, 9.17) is 4.42 Å². The Morgan fingerprint density at radius 3 is 2.56 bits per heavy atom. The highest BCUT2D eigenvalue weighted by Gasteiger charge is 2.19. The third kappa shape index (κ3) is 3.51. The van der Waals surface area contributed by atoms with Crippen LogP contribution in [0.15, 0.2) is 77.4 Å². The average Bonchev–Trinajstić information content (AvgIpc) is 3.27. The number of nitrogens with zero attached hydrogens (tertiary/aromatic N) is 1. The second kappa shape index (κ2) is 7.16. The summed E-state index contributed by atoms with van der Waals surface area (Å²) in [6, 6.07) is 22.0. The van der Waals surface area contributed by atoms with E-state index in [1.165, 1.54) is 5.56 Å². The van der Waals surface area contributed by atoms with Gasteiger partial charge in [0, 0.05) is 18.7 Å². The highest BCUT2D eigenvalue weighted by atomic mass is 16.3. The highest BCUT2D eigenvalue weighted by Crippen LogP contribution is 2.23. The maximum absolute atomic E-state index is 13.0. The largest absolute Gasteiger partial charge is 0.463 e. The Balaban J connectivity index is 1.63. The van der Waals surface area contributed by atoms with Crippen LogP contribution in [0.5, 0.6) is 0 Å². The number of fused-ring (bicyclic) bond motifs is 1. The molecule has 0 saturated carbocycles. The van der Waals surface area contributed by atoms with Crippen molar-refractivity contribution < 1.29 is 9.21 Å². The molecule has 136 valence electrons. The van der Waals surface area contributed by atoms with Crippen molar-refractivity contribution in [3.63, 3.8) is 0 Å². The molecule has 0 spiro atoms. The van der Waals surface area contributed by atoms with Crippen LogP contribution in [0.2, 0.25) is 0 Å². The second-order valence-corrected chi connectivity index (χ2v) is 6.88. The lowest BCUT2D eigenvalue weighted by molar-refractivity contribution is 0.0931. The molecule has 1 unspecified atom stereocenters. The minimum absolute atomic E-state index is 0.0762. The molecule has 1 N–H and O–H groups in total. The van der Waals surface area contributed by atoms with Gasteiger partial charge in [-0.15, -0.1) is 0 Å². The van der Waals surface area contributed by atoms with E-state index in [2.05, 4.69) is 36.5 Å². The summed E-state index contributed by atoms with van der Waals surface area (Å²) in [6.45, 7) is 4.67. The van der Waals surface area contributed by atoms with E-state index in [0.29, 0.717) is 12.2 Å². The molecule has 27 heavy (non-hydrogen) atoms. The van der Waals surface area contributed by atoms with E-state index >= 15 is 0 Å². The molecule has 4 nitrogen and oxygen atoms in total. The number of aromatic nitrogens is 1. The van der Waals surface area contributed by atoms with E-state index in [1.54, 1.807) is 6.26 Å². The Morgan fingerprint density at radius 2 is 1.81 bits per heavy atom. The maximum atomic E-state index is 13.0. The molecule has 0 aliphatic rings. The lowest BCUT2D eigenvalue weighted by atomic mass is 10.1. The summed E-state index contributed by atoms with van der Waals surface area (Å²) in [5.74, 6) is -0.107. The summed E-state index contributed by atoms with van der Waals surface area (Å²) in [6.07, 6.45) is 1.66. The van der Waals surface area contributed by atoms with E-state index in [9.17, 15) is 4.79 Å². The Hall–Kier alpha value is -3.27. The fourth-order valence-electron chi connectivity index (χ4n) is 3.31. The highest BCUT2D eigenvalue weighted by molar-refractivity contribution is 5.97. The molecule has 4 aromatic rings. The first-order valence-electron chi connectivity index (χ1n) is 9.10. The normalized spacial score (nSPS) is 12.2. The van der Waals surface area contributed by atoms with Crippen molar-refractivity contribution in [2.45, 2.75) is 26.4 Å². The van der Waals surface area contributed by atoms with Crippen LogP contribution >= 0.6 is 0 Å². The van der Waals surface area contributed by atoms with Gasteiger partial charge < -0.3 is 14.3 Å². The van der Waals surface area contributed by atoms with E-state index in [-0.39, 0.29) is 11.9 Å². The van der Waals surface area contributed by atoms with Gasteiger partial charge in [0.1, 0.15) is 5.69 Å². The number of carbonyl (C=O) groups is 1. The molecule has 2 aromatic carbocycles. The predicted molar refractivity (Wildman–Crippen MR) is 107 cm³/mol. The Bertz CT molecular complexity index is 1060. The van der Waals surface area contributed by atoms with Gasteiger partial charge in [-0.25, -0.2) is 0 Å². The molecule has 2 heterocycles. The van der Waals surface area contributed by atoms with E-state index in [1.807, 2.05) is 54.0 Å². The number of furan rings is 1. The van der Waals surface area contributed by atoms with Gasteiger partial charge in [0.05, 0.1) is 17.8 Å². The molecule has 1 amide bonds. The summed E-state index contributed by atoms with van der Waals surface area (Å²) >= 11 is 0. The monoisotopic (exact) mass is 358 g/mol. The molecule has 0 fully saturated rings. The Labute approximate surface area is 158 Å². The number of nitrogens with one attached hydrogen (secondary N) is 1. The number of amides is 1. The summed E-state index contributed by atoms with van der Waals surface area (Å²) in [7, 11) is 0. The zero-order valence-corrected chi connectivity index (χ0v) is 15.5. The summed E-state index contributed by atoms with van der Waals surface area (Å²) in [4.78, 5) is 13.0. The lowest BCUT2D eigenvalue weighted by Crippen LogP contribution is -2.28. The van der Waals surface area contributed by atoms with Crippen LogP contribution in [0.3, 0.4) is 0 Å². The molecule has 1 atom stereocenters. The number of hydrogen-bond acceptors (Lipinski definition) is 2. The smallest absolute Gasteiger partial charge is 0.268 e. The minimum atomic E-state index is -0.107. The fraction of sp³-hybridized carbons (Fsp3) is 0.174. The predicted octanol–water partition coefficient (Wildman–Crippen LogP) is 5.08. The van der Waals surface area contributed by atoms with E-state index < -0.39 is 0 Å². The average molecular weight is 358 g/mol. The zero-order valence-electron chi connectivity index (χ0n) is 15.5. The van der Waals surface area contributed by atoms with Crippen molar-refractivity contribution >= 4 is 17.0 Å². The first-order chi connectivity index (χ1) is 13.1. The molecule has 4 rings (SSSR count). The Morgan fingerprint density at radius 1 is 1.07 bits per heavy atom. The van der Waals surface area contributed by atoms with Crippen molar-refractivity contribution in [2.24, 2.45) is 0 Å².